The summed E-state index contributed by atoms with van der Waals surface area (Å²) in [5.74, 6) is -2.83. The molecule has 0 fully saturated rings. The molecule has 0 bridgehead atoms. The minimum Gasteiger partial charge on any atom is -0.478 e. The Balaban J connectivity index is 2.46. The highest BCUT2D eigenvalue weighted by Crippen LogP contribution is 2.40. The van der Waals surface area contributed by atoms with Gasteiger partial charge < -0.3 is 15.9 Å². The van der Waals surface area contributed by atoms with Gasteiger partial charge in [0.1, 0.15) is 0 Å². The molecule has 4 N–H and O–H groups in total. The van der Waals surface area contributed by atoms with Crippen molar-refractivity contribution >= 4 is 17.6 Å². The molecule has 1 atom stereocenters. The van der Waals surface area contributed by atoms with Gasteiger partial charge in [0.15, 0.2) is 0 Å². The lowest BCUT2D eigenvalue weighted by Gasteiger charge is -2.12. The maximum atomic E-state index is 11.2. The van der Waals surface area contributed by atoms with Crippen LogP contribution in [0.1, 0.15) is 23.5 Å². The predicted molar refractivity (Wildman–Crippen MR) is 65.3 cm³/mol. The van der Waals surface area contributed by atoms with Gasteiger partial charge in [-0.25, -0.2) is 9.59 Å². The molecule has 0 heterocycles. The van der Waals surface area contributed by atoms with Crippen LogP contribution in [0.15, 0.2) is 29.8 Å². The van der Waals surface area contributed by atoms with Crippen LogP contribution < -0.4 is 5.73 Å². The molecule has 1 aromatic rings. The van der Waals surface area contributed by atoms with E-state index in [9.17, 15) is 9.59 Å². The number of nitrogens with two attached hydrogens (primary N) is 1. The van der Waals surface area contributed by atoms with Crippen LogP contribution in [0.3, 0.4) is 0 Å². The van der Waals surface area contributed by atoms with Crippen LogP contribution in [-0.2, 0) is 16.0 Å². The van der Waals surface area contributed by atoms with Crippen LogP contribution >= 0.6 is 0 Å². The highest BCUT2D eigenvalue weighted by atomic mass is 16.4. The first kappa shape index (κ1) is 12.2. The van der Waals surface area contributed by atoms with Crippen molar-refractivity contribution in [3.63, 3.8) is 0 Å². The van der Waals surface area contributed by atoms with Gasteiger partial charge in [0, 0.05) is 17.7 Å². The predicted octanol–water partition coefficient (Wildman–Crippen LogP) is 1.39. The van der Waals surface area contributed by atoms with E-state index >= 15 is 0 Å². The number of anilines is 1. The quantitative estimate of drug-likeness (QED) is 0.553. The molecule has 1 aliphatic rings. The fourth-order valence-electron chi connectivity index (χ4n) is 2.45. The number of carbonyl (C=O) groups is 2. The van der Waals surface area contributed by atoms with E-state index in [1.807, 2.05) is 6.07 Å². The molecule has 0 amide bonds. The first-order chi connectivity index (χ1) is 8.50. The maximum absolute atomic E-state index is 11.2. The summed E-state index contributed by atoms with van der Waals surface area (Å²) < 4.78 is 0. The van der Waals surface area contributed by atoms with Gasteiger partial charge in [-0.1, -0.05) is 12.1 Å². The van der Waals surface area contributed by atoms with Crippen LogP contribution in [-0.4, -0.2) is 22.2 Å². The number of nitrogen functional groups attached to an aromatic ring is 1. The number of carboxylic acid groups (broad SMARTS) is 2. The zero-order chi connectivity index (χ0) is 13.3. The van der Waals surface area contributed by atoms with E-state index in [1.54, 1.807) is 12.1 Å². The molecule has 94 valence electrons. The Kier molecular flexibility index (Phi) is 3.06. The first-order valence-corrected chi connectivity index (χ1v) is 5.55. The number of carboxylic acids is 2. The SMILES string of the molecule is Nc1cccc2c1CCC2/C(=C\C(=O)O)C(=O)O. The molecule has 2 rings (SSSR count). The van der Waals surface area contributed by atoms with Crippen molar-refractivity contribution in [1.82, 2.24) is 0 Å². The Bertz CT molecular complexity index is 548. The Hall–Kier alpha value is -2.30. The molecule has 1 aromatic carbocycles. The number of hydrogen-bond acceptors (Lipinski definition) is 3. The highest BCUT2D eigenvalue weighted by molar-refractivity contribution is 5.96. The van der Waals surface area contributed by atoms with Crippen LogP contribution in [0.2, 0.25) is 0 Å². The summed E-state index contributed by atoms with van der Waals surface area (Å²) in [6.07, 6.45) is 2.02. The maximum Gasteiger partial charge on any atom is 0.332 e. The summed E-state index contributed by atoms with van der Waals surface area (Å²) in [6, 6.07) is 5.33. The van der Waals surface area contributed by atoms with Gasteiger partial charge in [-0.3, -0.25) is 0 Å². The van der Waals surface area contributed by atoms with Crippen molar-refractivity contribution in [2.75, 3.05) is 5.73 Å². The number of aliphatic carboxylic acids is 2. The lowest BCUT2D eigenvalue weighted by Crippen LogP contribution is -2.11. The van der Waals surface area contributed by atoms with Gasteiger partial charge in [0.2, 0.25) is 0 Å². The Labute approximate surface area is 104 Å². The number of fused-ring (bicyclic) bond motifs is 1. The molecule has 5 nitrogen and oxygen atoms in total. The normalized spacial score (nSPS) is 18.4. The molecule has 1 aliphatic carbocycles. The fraction of sp³-hybridized carbons (Fsp3) is 0.231. The second-order valence-corrected chi connectivity index (χ2v) is 4.25. The zero-order valence-electron chi connectivity index (χ0n) is 9.59. The lowest BCUT2D eigenvalue weighted by molar-refractivity contribution is -0.135. The molecule has 18 heavy (non-hydrogen) atoms. The van der Waals surface area contributed by atoms with E-state index in [0.29, 0.717) is 18.5 Å². The van der Waals surface area contributed by atoms with Crippen molar-refractivity contribution in [1.29, 1.82) is 0 Å². The van der Waals surface area contributed by atoms with E-state index in [1.165, 1.54) is 0 Å². The minimum atomic E-state index is -1.25. The molecule has 0 saturated carbocycles. The molecule has 0 saturated heterocycles. The second-order valence-electron chi connectivity index (χ2n) is 4.25. The van der Waals surface area contributed by atoms with Gasteiger partial charge in [0.05, 0.1) is 5.57 Å². The van der Waals surface area contributed by atoms with Gasteiger partial charge in [-0.15, -0.1) is 0 Å². The summed E-state index contributed by atoms with van der Waals surface area (Å²) in [4.78, 5) is 21.8. The molecular weight excluding hydrogens is 234 g/mol. The molecule has 0 radical (unpaired) electrons. The average Bonchev–Trinajstić information content (AvgIpc) is 2.70. The van der Waals surface area contributed by atoms with Crippen molar-refractivity contribution < 1.29 is 19.8 Å². The Morgan fingerprint density at radius 3 is 2.67 bits per heavy atom. The third kappa shape index (κ3) is 2.07. The lowest BCUT2D eigenvalue weighted by atomic mass is 9.92. The molecule has 0 spiro atoms. The number of benzene rings is 1. The Morgan fingerprint density at radius 2 is 2.06 bits per heavy atom. The average molecular weight is 247 g/mol. The van der Waals surface area contributed by atoms with Gasteiger partial charge in [0.25, 0.3) is 0 Å². The molecular formula is C13H13NO4. The van der Waals surface area contributed by atoms with Gasteiger partial charge in [-0.2, -0.15) is 0 Å². The van der Waals surface area contributed by atoms with E-state index in [0.717, 1.165) is 17.2 Å². The Morgan fingerprint density at radius 1 is 1.33 bits per heavy atom. The van der Waals surface area contributed by atoms with E-state index in [4.69, 9.17) is 15.9 Å². The first-order valence-electron chi connectivity index (χ1n) is 5.55. The molecule has 1 unspecified atom stereocenters. The van der Waals surface area contributed by atoms with Crippen LogP contribution in [0, 0.1) is 0 Å². The summed E-state index contributed by atoms with van der Waals surface area (Å²) in [7, 11) is 0. The van der Waals surface area contributed by atoms with Crippen molar-refractivity contribution in [3.05, 3.63) is 41.0 Å². The highest BCUT2D eigenvalue weighted by Gasteiger charge is 2.30. The van der Waals surface area contributed by atoms with Gasteiger partial charge >= 0.3 is 11.9 Å². The zero-order valence-corrected chi connectivity index (χ0v) is 9.59. The topological polar surface area (TPSA) is 101 Å². The third-order valence-electron chi connectivity index (χ3n) is 3.21. The number of rotatable bonds is 3. The summed E-state index contributed by atoms with van der Waals surface area (Å²) in [6.45, 7) is 0. The van der Waals surface area contributed by atoms with E-state index < -0.39 is 17.9 Å². The molecule has 5 heteroatoms. The van der Waals surface area contributed by atoms with Crippen molar-refractivity contribution in [3.8, 4) is 0 Å². The minimum absolute atomic E-state index is 0.0909. The third-order valence-corrected chi connectivity index (χ3v) is 3.21. The van der Waals surface area contributed by atoms with E-state index in [-0.39, 0.29) is 5.57 Å². The number of hydrogen-bond donors (Lipinski definition) is 3. The molecule has 0 aliphatic heterocycles. The second kappa shape index (κ2) is 4.52. The molecule has 0 aromatic heterocycles. The van der Waals surface area contributed by atoms with Crippen LogP contribution in [0.25, 0.3) is 0 Å². The fourth-order valence-corrected chi connectivity index (χ4v) is 2.45. The van der Waals surface area contributed by atoms with Crippen LogP contribution in [0.5, 0.6) is 0 Å². The smallest absolute Gasteiger partial charge is 0.332 e. The standard InChI is InChI=1S/C13H13NO4/c14-11-3-1-2-7-8(4-5-9(7)11)10(13(17)18)6-12(15)16/h1-3,6,8H,4-5,14H2,(H,15,16)(H,17,18)/b10-6+. The summed E-state index contributed by atoms with van der Waals surface area (Å²) in [5.41, 5.74) is 8.13. The monoisotopic (exact) mass is 247 g/mol. The van der Waals surface area contributed by atoms with Gasteiger partial charge in [-0.05, 0) is 30.0 Å². The van der Waals surface area contributed by atoms with Crippen molar-refractivity contribution in [2.45, 2.75) is 18.8 Å². The van der Waals surface area contributed by atoms with Crippen molar-refractivity contribution in [2.24, 2.45) is 0 Å². The van der Waals surface area contributed by atoms with Crippen LogP contribution in [0.4, 0.5) is 5.69 Å². The largest absolute Gasteiger partial charge is 0.478 e. The summed E-state index contributed by atoms with van der Waals surface area (Å²) in [5, 5.41) is 17.8. The summed E-state index contributed by atoms with van der Waals surface area (Å²) >= 11 is 0. The van der Waals surface area contributed by atoms with E-state index in [2.05, 4.69) is 0 Å².